The third-order valence-corrected chi connectivity index (χ3v) is 4.10. The summed E-state index contributed by atoms with van der Waals surface area (Å²) in [6, 6.07) is 6.86. The molecule has 0 heterocycles. The summed E-state index contributed by atoms with van der Waals surface area (Å²) in [7, 11) is 0. The molecule has 0 atom stereocenters. The lowest BCUT2D eigenvalue weighted by Crippen LogP contribution is -2.11. The van der Waals surface area contributed by atoms with Gasteiger partial charge in [0.1, 0.15) is 0 Å². The van der Waals surface area contributed by atoms with Crippen molar-refractivity contribution in [2.75, 3.05) is 11.9 Å². The van der Waals surface area contributed by atoms with Crippen LogP contribution in [0.2, 0.25) is 0 Å². The highest BCUT2D eigenvalue weighted by molar-refractivity contribution is 5.93. The highest BCUT2D eigenvalue weighted by Crippen LogP contribution is 2.13. The largest absolute Gasteiger partial charge is 0.462 e. The van der Waals surface area contributed by atoms with Crippen molar-refractivity contribution in [3.8, 4) is 0 Å². The van der Waals surface area contributed by atoms with E-state index in [1.807, 2.05) is 6.92 Å². The molecule has 0 aliphatic heterocycles. The van der Waals surface area contributed by atoms with E-state index in [0.717, 1.165) is 24.9 Å². The Balaban J connectivity index is 2.18. The van der Waals surface area contributed by atoms with Gasteiger partial charge in [-0.25, -0.2) is 4.79 Å². The van der Waals surface area contributed by atoms with E-state index >= 15 is 0 Å². The van der Waals surface area contributed by atoms with Gasteiger partial charge in [0, 0.05) is 12.1 Å². The van der Waals surface area contributed by atoms with Crippen molar-refractivity contribution in [1.82, 2.24) is 0 Å². The van der Waals surface area contributed by atoms with Gasteiger partial charge in [-0.2, -0.15) is 0 Å². The van der Waals surface area contributed by atoms with E-state index in [-0.39, 0.29) is 11.9 Å². The van der Waals surface area contributed by atoms with Crippen LogP contribution in [-0.4, -0.2) is 18.5 Å². The molecular weight excluding hydrogens is 314 g/mol. The lowest BCUT2D eigenvalue weighted by molar-refractivity contribution is -0.116. The first kappa shape index (κ1) is 21.2. The Hall–Kier alpha value is -1.84. The second-order valence-corrected chi connectivity index (χ2v) is 6.49. The summed E-state index contributed by atoms with van der Waals surface area (Å²) in [6.45, 7) is 4.61. The molecule has 0 saturated heterocycles. The Morgan fingerprint density at radius 1 is 0.840 bits per heavy atom. The van der Waals surface area contributed by atoms with Crippen LogP contribution in [-0.2, 0) is 9.53 Å². The quantitative estimate of drug-likeness (QED) is 0.366. The molecule has 0 unspecified atom stereocenters. The molecule has 1 rings (SSSR count). The van der Waals surface area contributed by atoms with Gasteiger partial charge in [-0.1, -0.05) is 58.8 Å². The van der Waals surface area contributed by atoms with Crippen molar-refractivity contribution >= 4 is 17.6 Å². The number of benzene rings is 1. The molecule has 0 aromatic heterocycles. The molecule has 4 heteroatoms. The summed E-state index contributed by atoms with van der Waals surface area (Å²) >= 11 is 0. The highest BCUT2D eigenvalue weighted by Gasteiger charge is 2.07. The number of rotatable bonds is 13. The second kappa shape index (κ2) is 13.5. The number of hydrogen-bond donors (Lipinski definition) is 1. The molecule has 0 saturated carbocycles. The molecule has 0 radical (unpaired) electrons. The minimum atomic E-state index is -0.321. The molecule has 0 spiro atoms. The minimum Gasteiger partial charge on any atom is -0.462 e. The molecule has 0 aliphatic carbocycles. The molecule has 0 fully saturated rings. The molecule has 1 N–H and O–H groups in total. The third-order valence-electron chi connectivity index (χ3n) is 4.10. The Kier molecular flexibility index (Phi) is 11.4. The Labute approximate surface area is 152 Å². The van der Waals surface area contributed by atoms with Crippen LogP contribution in [0.3, 0.4) is 0 Å². The maximum Gasteiger partial charge on any atom is 0.338 e. The highest BCUT2D eigenvalue weighted by atomic mass is 16.5. The van der Waals surface area contributed by atoms with Crippen LogP contribution < -0.4 is 5.32 Å². The molecule has 1 aromatic rings. The smallest absolute Gasteiger partial charge is 0.338 e. The van der Waals surface area contributed by atoms with Gasteiger partial charge in [0.2, 0.25) is 5.91 Å². The lowest BCUT2D eigenvalue weighted by Gasteiger charge is -2.07. The van der Waals surface area contributed by atoms with E-state index in [9.17, 15) is 9.59 Å². The predicted octanol–water partition coefficient (Wildman–Crippen LogP) is 5.72. The van der Waals surface area contributed by atoms with E-state index in [4.69, 9.17) is 4.74 Å². The van der Waals surface area contributed by atoms with E-state index < -0.39 is 0 Å². The van der Waals surface area contributed by atoms with Crippen molar-refractivity contribution in [2.24, 2.45) is 0 Å². The molecule has 1 amide bonds. The molecule has 0 bridgehead atoms. The van der Waals surface area contributed by atoms with Gasteiger partial charge in [0.05, 0.1) is 12.2 Å². The van der Waals surface area contributed by atoms with E-state index in [0.29, 0.717) is 18.6 Å². The van der Waals surface area contributed by atoms with Crippen LogP contribution in [0.5, 0.6) is 0 Å². The molecular formula is C21H33NO3. The summed E-state index contributed by atoms with van der Waals surface area (Å²) in [5.74, 6) is -0.286. The SMILES string of the molecule is CCCCCCCCCCC(=O)Nc1ccc(C(=O)OCCC)cc1. The Bertz CT molecular complexity index is 496. The number of esters is 1. The van der Waals surface area contributed by atoms with Crippen LogP contribution in [0.1, 0.15) is 88.4 Å². The zero-order valence-corrected chi connectivity index (χ0v) is 15.8. The number of anilines is 1. The second-order valence-electron chi connectivity index (χ2n) is 6.49. The number of hydrogen-bond acceptors (Lipinski definition) is 3. The number of carbonyl (C=O) groups is 2. The van der Waals surface area contributed by atoms with E-state index in [1.165, 1.54) is 38.5 Å². The molecule has 0 aliphatic rings. The minimum absolute atomic E-state index is 0.0345. The number of unbranched alkanes of at least 4 members (excludes halogenated alkanes) is 7. The average Bonchev–Trinajstić information content (AvgIpc) is 2.62. The summed E-state index contributed by atoms with van der Waals surface area (Å²) in [5, 5.41) is 2.88. The van der Waals surface area contributed by atoms with Crippen molar-refractivity contribution in [3.05, 3.63) is 29.8 Å². The summed E-state index contributed by atoms with van der Waals surface area (Å²) < 4.78 is 5.08. The van der Waals surface area contributed by atoms with Crippen molar-refractivity contribution in [2.45, 2.75) is 78.1 Å². The average molecular weight is 347 g/mol. The van der Waals surface area contributed by atoms with Crippen LogP contribution in [0, 0.1) is 0 Å². The predicted molar refractivity (Wildman–Crippen MR) is 103 cm³/mol. The summed E-state index contributed by atoms with van der Waals surface area (Å²) in [6.07, 6.45) is 11.1. The normalized spacial score (nSPS) is 10.5. The van der Waals surface area contributed by atoms with Crippen molar-refractivity contribution in [1.29, 1.82) is 0 Å². The van der Waals surface area contributed by atoms with Crippen LogP contribution >= 0.6 is 0 Å². The topological polar surface area (TPSA) is 55.4 Å². The van der Waals surface area contributed by atoms with Crippen molar-refractivity contribution in [3.63, 3.8) is 0 Å². The number of ether oxygens (including phenoxy) is 1. The number of carbonyl (C=O) groups excluding carboxylic acids is 2. The van der Waals surface area contributed by atoms with Gasteiger partial charge < -0.3 is 10.1 Å². The van der Waals surface area contributed by atoms with Gasteiger partial charge >= 0.3 is 5.97 Å². The van der Waals surface area contributed by atoms with Gasteiger partial charge in [-0.3, -0.25) is 4.79 Å². The standard InChI is InChI=1S/C21H33NO3/c1-3-5-6-7-8-9-10-11-12-20(23)22-19-15-13-18(14-16-19)21(24)25-17-4-2/h13-16H,3-12,17H2,1-2H3,(H,22,23). The third kappa shape index (κ3) is 9.90. The Morgan fingerprint density at radius 3 is 2.04 bits per heavy atom. The molecule has 25 heavy (non-hydrogen) atoms. The van der Waals surface area contributed by atoms with E-state index in [1.54, 1.807) is 24.3 Å². The fourth-order valence-corrected chi connectivity index (χ4v) is 2.61. The first-order valence-corrected chi connectivity index (χ1v) is 9.74. The Morgan fingerprint density at radius 2 is 1.44 bits per heavy atom. The fraction of sp³-hybridized carbons (Fsp3) is 0.619. The maximum absolute atomic E-state index is 11.9. The zero-order chi connectivity index (χ0) is 18.3. The van der Waals surface area contributed by atoms with Gasteiger partial charge in [-0.15, -0.1) is 0 Å². The van der Waals surface area contributed by atoms with Gasteiger partial charge in [0.15, 0.2) is 0 Å². The summed E-state index contributed by atoms with van der Waals surface area (Å²) in [4.78, 5) is 23.7. The first-order valence-electron chi connectivity index (χ1n) is 9.74. The number of nitrogens with one attached hydrogen (secondary N) is 1. The van der Waals surface area contributed by atoms with Gasteiger partial charge in [-0.05, 0) is 37.1 Å². The van der Waals surface area contributed by atoms with Crippen LogP contribution in [0.4, 0.5) is 5.69 Å². The molecule has 140 valence electrons. The van der Waals surface area contributed by atoms with Crippen molar-refractivity contribution < 1.29 is 14.3 Å². The van der Waals surface area contributed by atoms with E-state index in [2.05, 4.69) is 12.2 Å². The summed E-state index contributed by atoms with van der Waals surface area (Å²) in [5.41, 5.74) is 1.23. The van der Waals surface area contributed by atoms with Crippen LogP contribution in [0.25, 0.3) is 0 Å². The maximum atomic E-state index is 11.9. The molecule has 1 aromatic carbocycles. The zero-order valence-electron chi connectivity index (χ0n) is 15.8. The number of amides is 1. The lowest BCUT2D eigenvalue weighted by atomic mass is 10.1. The molecule has 4 nitrogen and oxygen atoms in total. The van der Waals surface area contributed by atoms with Crippen LogP contribution in [0.15, 0.2) is 24.3 Å². The fourth-order valence-electron chi connectivity index (χ4n) is 2.61. The first-order chi connectivity index (χ1) is 12.2. The monoisotopic (exact) mass is 347 g/mol. The van der Waals surface area contributed by atoms with Gasteiger partial charge in [0.25, 0.3) is 0 Å².